The standard InChI is InChI=1S/C30H38O4Si/c1-7-23-11-17-26(18-12-23)32-29(31)33-27-19-13-24(14-20-27)30(5,6)25-15-21-28(22-16-25)34-35(8-2,9-3)10-4/h11-22H,7-10H2,1-6H3. The van der Waals surface area contributed by atoms with E-state index in [4.69, 9.17) is 13.9 Å². The van der Waals surface area contributed by atoms with Crippen molar-refractivity contribution < 1.29 is 18.7 Å². The topological polar surface area (TPSA) is 44.8 Å². The lowest BCUT2D eigenvalue weighted by atomic mass is 9.78. The van der Waals surface area contributed by atoms with Gasteiger partial charge in [-0.05, 0) is 77.6 Å². The third kappa shape index (κ3) is 6.54. The van der Waals surface area contributed by atoms with Crippen LogP contribution >= 0.6 is 0 Å². The van der Waals surface area contributed by atoms with Crippen LogP contribution in [0.3, 0.4) is 0 Å². The summed E-state index contributed by atoms with van der Waals surface area (Å²) in [6.07, 6.45) is 0.187. The Bertz CT molecular complexity index is 1070. The van der Waals surface area contributed by atoms with Gasteiger partial charge in [-0.15, -0.1) is 0 Å². The zero-order chi connectivity index (χ0) is 25.5. The molecule has 0 spiro atoms. The average molecular weight is 491 g/mol. The van der Waals surface area contributed by atoms with Gasteiger partial charge in [0.2, 0.25) is 8.32 Å². The van der Waals surface area contributed by atoms with Crippen molar-refractivity contribution >= 4 is 14.5 Å². The maximum absolute atomic E-state index is 12.2. The van der Waals surface area contributed by atoms with Crippen LogP contribution in [0.1, 0.15) is 58.2 Å². The first-order chi connectivity index (χ1) is 16.7. The number of aryl methyl sites for hydroxylation is 1. The van der Waals surface area contributed by atoms with Crippen molar-refractivity contribution in [2.24, 2.45) is 0 Å². The minimum atomic E-state index is -1.69. The summed E-state index contributed by atoms with van der Waals surface area (Å²) in [5, 5.41) is 0. The number of rotatable bonds is 10. The molecule has 0 aliphatic heterocycles. The molecule has 3 aromatic carbocycles. The van der Waals surface area contributed by atoms with E-state index in [1.807, 2.05) is 24.3 Å². The van der Waals surface area contributed by atoms with Crippen LogP contribution < -0.4 is 13.9 Å². The van der Waals surface area contributed by atoms with Gasteiger partial charge >= 0.3 is 6.16 Å². The predicted octanol–water partition coefficient (Wildman–Crippen LogP) is 8.54. The first kappa shape index (κ1) is 26.5. The van der Waals surface area contributed by atoms with Gasteiger partial charge < -0.3 is 13.9 Å². The fourth-order valence-electron chi connectivity index (χ4n) is 4.27. The van der Waals surface area contributed by atoms with Gasteiger partial charge in [0.15, 0.2) is 0 Å². The molecule has 3 rings (SSSR count). The zero-order valence-corrected chi connectivity index (χ0v) is 22.9. The van der Waals surface area contributed by atoms with Crippen LogP contribution in [0, 0.1) is 0 Å². The van der Waals surface area contributed by atoms with Crippen molar-refractivity contribution in [3.8, 4) is 17.2 Å². The first-order valence-electron chi connectivity index (χ1n) is 12.6. The van der Waals surface area contributed by atoms with E-state index >= 15 is 0 Å². The quantitative estimate of drug-likeness (QED) is 0.162. The smallest absolute Gasteiger partial charge is 0.519 e. The lowest BCUT2D eigenvalue weighted by Crippen LogP contribution is -2.39. The Hall–Kier alpha value is -3.05. The van der Waals surface area contributed by atoms with E-state index in [1.165, 1.54) is 11.1 Å². The highest BCUT2D eigenvalue weighted by molar-refractivity contribution is 6.74. The Balaban J connectivity index is 1.65. The van der Waals surface area contributed by atoms with Crippen molar-refractivity contribution in [3.63, 3.8) is 0 Å². The highest BCUT2D eigenvalue weighted by Gasteiger charge is 2.31. The zero-order valence-electron chi connectivity index (χ0n) is 21.9. The number of ether oxygens (including phenoxy) is 2. The van der Waals surface area contributed by atoms with Gasteiger partial charge in [0.05, 0.1) is 0 Å². The Kier molecular flexibility index (Phi) is 8.79. The van der Waals surface area contributed by atoms with Gasteiger partial charge in [0.1, 0.15) is 17.2 Å². The monoisotopic (exact) mass is 490 g/mol. The molecule has 5 heteroatoms. The van der Waals surface area contributed by atoms with E-state index < -0.39 is 14.5 Å². The SMILES string of the molecule is CCc1ccc(OC(=O)Oc2ccc(C(C)(C)c3ccc(O[Si](CC)(CC)CC)cc3)cc2)cc1. The van der Waals surface area contributed by atoms with Crippen molar-refractivity contribution in [1.82, 2.24) is 0 Å². The molecule has 0 aromatic heterocycles. The number of carbonyl (C=O) groups excluding carboxylic acids is 1. The van der Waals surface area contributed by atoms with Crippen LogP contribution in [0.15, 0.2) is 72.8 Å². The molecule has 0 unspecified atom stereocenters. The molecule has 0 atom stereocenters. The molecular formula is C30H38O4Si. The van der Waals surface area contributed by atoms with E-state index in [0.29, 0.717) is 11.5 Å². The second kappa shape index (κ2) is 11.6. The Morgan fingerprint density at radius 2 is 1.06 bits per heavy atom. The van der Waals surface area contributed by atoms with Crippen LogP contribution in [-0.2, 0) is 11.8 Å². The van der Waals surface area contributed by atoms with Crippen LogP contribution in [-0.4, -0.2) is 14.5 Å². The van der Waals surface area contributed by atoms with Crippen molar-refractivity contribution in [1.29, 1.82) is 0 Å². The van der Waals surface area contributed by atoms with Crippen molar-refractivity contribution in [2.45, 2.75) is 71.5 Å². The van der Waals surface area contributed by atoms with Crippen LogP contribution in [0.2, 0.25) is 18.1 Å². The highest BCUT2D eigenvalue weighted by atomic mass is 28.4. The Morgan fingerprint density at radius 3 is 1.46 bits per heavy atom. The van der Waals surface area contributed by atoms with Crippen molar-refractivity contribution in [2.75, 3.05) is 0 Å². The van der Waals surface area contributed by atoms with E-state index in [2.05, 4.69) is 65.8 Å². The molecule has 0 saturated heterocycles. The maximum atomic E-state index is 12.2. The number of benzene rings is 3. The summed E-state index contributed by atoms with van der Waals surface area (Å²) in [7, 11) is -1.69. The average Bonchev–Trinajstić information content (AvgIpc) is 2.88. The second-order valence-corrected chi connectivity index (χ2v) is 14.2. The summed E-state index contributed by atoms with van der Waals surface area (Å²) in [6, 6.07) is 26.9. The number of hydrogen-bond donors (Lipinski definition) is 0. The van der Waals surface area contributed by atoms with E-state index in [9.17, 15) is 4.79 Å². The minimum Gasteiger partial charge on any atom is -0.544 e. The van der Waals surface area contributed by atoms with Crippen LogP contribution in [0.4, 0.5) is 4.79 Å². The molecule has 0 N–H and O–H groups in total. The largest absolute Gasteiger partial charge is 0.544 e. The van der Waals surface area contributed by atoms with E-state index in [-0.39, 0.29) is 5.41 Å². The molecule has 186 valence electrons. The summed E-state index contributed by atoms with van der Waals surface area (Å²) in [5.41, 5.74) is 3.29. The fraction of sp³-hybridized carbons (Fsp3) is 0.367. The summed E-state index contributed by atoms with van der Waals surface area (Å²) in [4.78, 5) is 12.2. The molecule has 0 aliphatic rings. The number of carbonyl (C=O) groups is 1. The Morgan fingerprint density at radius 1 is 0.657 bits per heavy atom. The summed E-state index contributed by atoms with van der Waals surface area (Å²) in [5.74, 6) is 1.88. The van der Waals surface area contributed by atoms with Gasteiger partial charge in [-0.3, -0.25) is 0 Å². The highest BCUT2D eigenvalue weighted by Crippen LogP contribution is 2.34. The summed E-state index contributed by atoms with van der Waals surface area (Å²) >= 11 is 0. The molecule has 3 aromatic rings. The molecule has 0 saturated carbocycles. The minimum absolute atomic E-state index is 0.215. The summed E-state index contributed by atoms with van der Waals surface area (Å²) < 4.78 is 17.2. The first-order valence-corrected chi connectivity index (χ1v) is 15.2. The summed E-state index contributed by atoms with van der Waals surface area (Å²) in [6.45, 7) is 13.2. The van der Waals surface area contributed by atoms with E-state index in [1.54, 1.807) is 24.3 Å². The third-order valence-electron chi connectivity index (χ3n) is 7.15. The molecule has 4 nitrogen and oxygen atoms in total. The van der Waals surface area contributed by atoms with Gasteiger partial charge in [-0.2, -0.15) is 0 Å². The molecular weight excluding hydrogens is 452 g/mol. The van der Waals surface area contributed by atoms with Gasteiger partial charge in [0.25, 0.3) is 0 Å². The molecule has 0 radical (unpaired) electrons. The molecule has 0 amide bonds. The Labute approximate surface area is 211 Å². The van der Waals surface area contributed by atoms with Gasteiger partial charge in [-0.25, -0.2) is 4.79 Å². The van der Waals surface area contributed by atoms with E-state index in [0.717, 1.165) is 35.9 Å². The maximum Gasteiger partial charge on any atom is 0.519 e. The third-order valence-corrected chi connectivity index (χ3v) is 11.7. The van der Waals surface area contributed by atoms with Crippen molar-refractivity contribution in [3.05, 3.63) is 89.5 Å². The molecule has 0 fully saturated rings. The van der Waals surface area contributed by atoms with Crippen LogP contribution in [0.5, 0.6) is 17.2 Å². The normalized spacial score (nSPS) is 11.7. The lowest BCUT2D eigenvalue weighted by Gasteiger charge is -2.30. The molecule has 0 heterocycles. The molecule has 0 aliphatic carbocycles. The lowest BCUT2D eigenvalue weighted by molar-refractivity contribution is 0.152. The fourth-order valence-corrected chi connectivity index (χ4v) is 6.84. The van der Waals surface area contributed by atoms with Gasteiger partial charge in [0, 0.05) is 5.41 Å². The van der Waals surface area contributed by atoms with Crippen LogP contribution in [0.25, 0.3) is 0 Å². The number of hydrogen-bond acceptors (Lipinski definition) is 4. The predicted molar refractivity (Wildman–Crippen MR) is 145 cm³/mol. The molecule has 0 bridgehead atoms. The van der Waals surface area contributed by atoms with Gasteiger partial charge in [-0.1, -0.05) is 77.9 Å². The second-order valence-electron chi connectivity index (χ2n) is 9.47. The molecule has 35 heavy (non-hydrogen) atoms.